The van der Waals surface area contributed by atoms with Crippen LogP contribution in [-0.2, 0) is 21.4 Å². The summed E-state index contributed by atoms with van der Waals surface area (Å²) in [6.07, 6.45) is 2.09. The van der Waals surface area contributed by atoms with E-state index in [0.717, 1.165) is 17.9 Å². The van der Waals surface area contributed by atoms with Crippen molar-refractivity contribution >= 4 is 11.9 Å². The Morgan fingerprint density at radius 1 is 1.16 bits per heavy atom. The third-order valence-corrected chi connectivity index (χ3v) is 3.14. The number of carboxylic acids is 2. The summed E-state index contributed by atoms with van der Waals surface area (Å²) in [5, 5.41) is 14.8. The Kier molecular flexibility index (Phi) is 8.14. The molecule has 136 valence electrons. The number of aryl methyl sites for hydroxylation is 2. The number of carboxylic acid groups (broad SMARTS) is 2. The van der Waals surface area contributed by atoms with Gasteiger partial charge in [-0.1, -0.05) is 18.2 Å². The lowest BCUT2D eigenvalue weighted by molar-refractivity contribution is -0.159. The number of hydrogen-bond donors (Lipinski definition) is 2. The van der Waals surface area contributed by atoms with Gasteiger partial charge in [-0.25, -0.2) is 14.6 Å². The zero-order valence-electron chi connectivity index (χ0n) is 14.5. The molecule has 0 atom stereocenters. The molecule has 8 nitrogen and oxygen atoms in total. The molecule has 0 aliphatic rings. The number of nitrogens with zero attached hydrogens (tertiary/aromatic N) is 3. The Morgan fingerprint density at radius 3 is 2.28 bits per heavy atom. The van der Waals surface area contributed by atoms with Crippen molar-refractivity contribution in [2.45, 2.75) is 13.8 Å². The van der Waals surface area contributed by atoms with Crippen LogP contribution in [0.15, 0.2) is 41.5 Å². The number of aromatic nitrogens is 2. The van der Waals surface area contributed by atoms with Crippen LogP contribution < -0.4 is 5.62 Å². The molecule has 2 N–H and O–H groups in total. The van der Waals surface area contributed by atoms with Gasteiger partial charge in [0, 0.05) is 31.2 Å². The van der Waals surface area contributed by atoms with Gasteiger partial charge in [0.05, 0.1) is 13.2 Å². The van der Waals surface area contributed by atoms with E-state index in [9.17, 15) is 0 Å². The van der Waals surface area contributed by atoms with Gasteiger partial charge in [0.2, 0.25) is 5.62 Å². The average molecular weight is 349 g/mol. The number of aliphatic carboxylic acids is 2. The van der Waals surface area contributed by atoms with E-state index in [1.807, 2.05) is 36.7 Å². The van der Waals surface area contributed by atoms with E-state index in [1.165, 1.54) is 5.69 Å². The predicted molar refractivity (Wildman–Crippen MR) is 91.7 cm³/mol. The normalized spacial score (nSPS) is 10.9. The molecule has 0 aliphatic carbocycles. The summed E-state index contributed by atoms with van der Waals surface area (Å²) in [6, 6.07) is 10.3. The maximum Gasteiger partial charge on any atom is 0.414 e. The molecule has 0 amide bonds. The highest BCUT2D eigenvalue weighted by molar-refractivity contribution is 6.27. The molecule has 0 aliphatic heterocycles. The molecule has 1 aromatic carbocycles. The van der Waals surface area contributed by atoms with Gasteiger partial charge >= 0.3 is 11.9 Å². The Labute approximate surface area is 145 Å². The maximum absolute atomic E-state index is 9.10. The first-order chi connectivity index (χ1) is 11.9. The van der Waals surface area contributed by atoms with E-state index >= 15 is 0 Å². The number of carbonyl (C=O) groups is 2. The van der Waals surface area contributed by atoms with Crippen molar-refractivity contribution in [3.63, 3.8) is 0 Å². The average Bonchev–Trinajstić information content (AvgIpc) is 2.86. The van der Waals surface area contributed by atoms with Crippen LogP contribution in [0.4, 0.5) is 0 Å². The summed E-state index contributed by atoms with van der Waals surface area (Å²) in [4.78, 5) is 22.8. The Hall–Kier alpha value is -2.87. The lowest BCUT2D eigenvalue weighted by Gasteiger charge is -2.05. The number of para-hydroxylation sites is 1. The first-order valence-corrected chi connectivity index (χ1v) is 7.73. The smallest absolute Gasteiger partial charge is 0.414 e. The Bertz CT molecular complexity index is 750. The summed E-state index contributed by atoms with van der Waals surface area (Å²) in [5.74, 6) is -3.65. The summed E-state index contributed by atoms with van der Waals surface area (Å²) in [6.45, 7) is 6.17. The van der Waals surface area contributed by atoms with E-state index in [4.69, 9.17) is 24.5 Å². The number of rotatable bonds is 5. The monoisotopic (exact) mass is 349 g/mol. The van der Waals surface area contributed by atoms with Crippen LogP contribution in [0, 0.1) is 6.92 Å². The minimum Gasteiger partial charge on any atom is -0.473 e. The van der Waals surface area contributed by atoms with Crippen LogP contribution in [0.2, 0.25) is 0 Å². The van der Waals surface area contributed by atoms with Crippen molar-refractivity contribution in [2.24, 2.45) is 12.0 Å². The van der Waals surface area contributed by atoms with Crippen LogP contribution in [0.3, 0.4) is 0 Å². The second-order valence-corrected chi connectivity index (χ2v) is 5.04. The summed E-state index contributed by atoms with van der Waals surface area (Å²) in [5.41, 5.74) is 3.25. The van der Waals surface area contributed by atoms with E-state index in [0.29, 0.717) is 13.2 Å². The molecule has 0 saturated carbocycles. The zero-order valence-corrected chi connectivity index (χ0v) is 14.5. The van der Waals surface area contributed by atoms with Gasteiger partial charge in [-0.05, 0) is 26.0 Å². The number of benzene rings is 1. The molecular weight excluding hydrogens is 326 g/mol. The molecule has 0 spiro atoms. The summed E-state index contributed by atoms with van der Waals surface area (Å²) in [7, 11) is 2.02. The fraction of sp³-hybridized carbons (Fsp3) is 0.353. The van der Waals surface area contributed by atoms with Crippen molar-refractivity contribution in [1.29, 1.82) is 0 Å². The van der Waals surface area contributed by atoms with Gasteiger partial charge in [0.1, 0.15) is 0 Å². The summed E-state index contributed by atoms with van der Waals surface area (Å²) >= 11 is 0. The Morgan fingerprint density at radius 2 is 1.76 bits per heavy atom. The molecule has 2 aromatic rings. The molecule has 8 heteroatoms. The van der Waals surface area contributed by atoms with E-state index < -0.39 is 11.9 Å². The van der Waals surface area contributed by atoms with Gasteiger partial charge in [0.25, 0.3) is 0 Å². The zero-order chi connectivity index (χ0) is 18.8. The molecule has 0 unspecified atom stereocenters. The van der Waals surface area contributed by atoms with Crippen LogP contribution in [0.5, 0.6) is 0 Å². The summed E-state index contributed by atoms with van der Waals surface area (Å²) < 4.78 is 9.54. The van der Waals surface area contributed by atoms with Gasteiger partial charge in [-0.2, -0.15) is 0 Å². The first-order valence-electron chi connectivity index (χ1n) is 7.73. The number of ether oxygens (including phenoxy) is 1. The van der Waals surface area contributed by atoms with Crippen LogP contribution >= 0.6 is 0 Å². The topological polar surface area (TPSA) is 106 Å². The number of imidazole rings is 1. The van der Waals surface area contributed by atoms with Crippen LogP contribution in [0.1, 0.15) is 12.6 Å². The molecule has 0 saturated heterocycles. The fourth-order valence-corrected chi connectivity index (χ4v) is 2.14. The van der Waals surface area contributed by atoms with Crippen LogP contribution in [0.25, 0.3) is 5.69 Å². The van der Waals surface area contributed by atoms with E-state index in [1.54, 1.807) is 0 Å². The lowest BCUT2D eigenvalue weighted by Crippen LogP contribution is -2.24. The van der Waals surface area contributed by atoms with Gasteiger partial charge in [0.15, 0.2) is 0 Å². The quantitative estimate of drug-likeness (QED) is 0.623. The third-order valence-electron chi connectivity index (χ3n) is 3.14. The molecular formula is C17H23N3O5. The van der Waals surface area contributed by atoms with Crippen LogP contribution in [-0.4, -0.2) is 51.0 Å². The molecule has 0 bridgehead atoms. The second-order valence-electron chi connectivity index (χ2n) is 5.04. The first kappa shape index (κ1) is 20.2. The fourth-order valence-electron chi connectivity index (χ4n) is 2.14. The van der Waals surface area contributed by atoms with Crippen molar-refractivity contribution in [3.05, 3.63) is 47.8 Å². The SMILES string of the molecule is CCOCCN=c1n(C)cc(C)n1-c1ccccc1.O=C(O)C(=O)O. The lowest BCUT2D eigenvalue weighted by atomic mass is 10.3. The minimum atomic E-state index is -1.82. The molecule has 1 aromatic heterocycles. The highest BCUT2D eigenvalue weighted by Gasteiger charge is 2.05. The largest absolute Gasteiger partial charge is 0.473 e. The molecule has 2 rings (SSSR count). The third kappa shape index (κ3) is 6.27. The molecule has 0 fully saturated rings. The van der Waals surface area contributed by atoms with Crippen molar-refractivity contribution in [1.82, 2.24) is 9.13 Å². The van der Waals surface area contributed by atoms with Gasteiger partial charge in [-0.15, -0.1) is 0 Å². The van der Waals surface area contributed by atoms with Crippen molar-refractivity contribution < 1.29 is 24.5 Å². The second kappa shape index (κ2) is 10.1. The van der Waals surface area contributed by atoms with Gasteiger partial charge in [-0.3, -0.25) is 4.57 Å². The van der Waals surface area contributed by atoms with Gasteiger partial charge < -0.3 is 19.5 Å². The molecule has 25 heavy (non-hydrogen) atoms. The highest BCUT2D eigenvalue weighted by atomic mass is 16.5. The Balaban J connectivity index is 0.000000450. The van der Waals surface area contributed by atoms with Crippen molar-refractivity contribution in [2.75, 3.05) is 19.8 Å². The molecule has 1 heterocycles. The standard InChI is InChI=1S/C15H21N3O.C2H2O4/c1-4-19-11-10-16-15-17(3)12-13(2)18(15)14-8-6-5-7-9-14;3-1(4)2(5)6/h5-9,12H,4,10-11H2,1-3H3;(H,3,4)(H,5,6). The van der Waals surface area contributed by atoms with Crippen molar-refractivity contribution in [3.8, 4) is 5.69 Å². The van der Waals surface area contributed by atoms with E-state index in [2.05, 4.69) is 34.8 Å². The predicted octanol–water partition coefficient (Wildman–Crippen LogP) is 1.22. The molecule has 0 radical (unpaired) electrons. The maximum atomic E-state index is 9.10. The number of hydrogen-bond acceptors (Lipinski definition) is 4. The highest BCUT2D eigenvalue weighted by Crippen LogP contribution is 2.07. The van der Waals surface area contributed by atoms with E-state index in [-0.39, 0.29) is 0 Å². The minimum absolute atomic E-state index is 0.662.